The first kappa shape index (κ1) is 29.3. The average Bonchev–Trinajstić information content (AvgIpc) is 1.89. The maximum absolute atomic E-state index is 5.34. The van der Waals surface area contributed by atoms with Gasteiger partial charge in [0.2, 0.25) is 0 Å². The van der Waals surface area contributed by atoms with E-state index in [0.717, 1.165) is 6.54 Å². The van der Waals surface area contributed by atoms with Gasteiger partial charge in [0, 0.05) is 0 Å². The molecule has 2 N–H and O–H groups in total. The minimum absolute atomic E-state index is 0. The van der Waals surface area contributed by atoms with Gasteiger partial charge in [-0.1, -0.05) is 39.0 Å². The molecule has 0 aromatic rings. The van der Waals surface area contributed by atoms with Crippen molar-refractivity contribution in [1.82, 2.24) is 0 Å². The summed E-state index contributed by atoms with van der Waals surface area (Å²) in [4.78, 5) is 0. The minimum Gasteiger partial charge on any atom is -1.00 e. The van der Waals surface area contributed by atoms with E-state index in [-0.39, 0.29) is 22.5 Å². The van der Waals surface area contributed by atoms with E-state index in [9.17, 15) is 0 Å². The van der Waals surface area contributed by atoms with E-state index in [2.05, 4.69) is 6.92 Å². The molecule has 0 saturated carbocycles. The van der Waals surface area contributed by atoms with Crippen molar-refractivity contribution >= 4 is 8.41 Å². The molecular formula is C8H19BF3N. The van der Waals surface area contributed by atoms with Gasteiger partial charge in [-0.25, -0.2) is 0 Å². The molecule has 0 heterocycles. The number of hydrogen-bond acceptors (Lipinski definition) is 1. The van der Waals surface area contributed by atoms with Crippen LogP contribution in [-0.4, -0.2) is 15.0 Å². The summed E-state index contributed by atoms with van der Waals surface area (Å²) >= 11 is 0. The molecule has 1 nitrogen and oxygen atoms in total. The second-order valence-electron chi connectivity index (χ2n) is 2.56. The van der Waals surface area contributed by atoms with Crippen molar-refractivity contribution in [2.45, 2.75) is 45.4 Å². The van der Waals surface area contributed by atoms with E-state index in [4.69, 9.17) is 5.73 Å². The zero-order valence-corrected chi connectivity index (χ0v) is 8.24. The van der Waals surface area contributed by atoms with Crippen molar-refractivity contribution in [3.8, 4) is 0 Å². The second-order valence-corrected chi connectivity index (χ2v) is 2.56. The Balaban J connectivity index is -0.0000000533. The van der Waals surface area contributed by atoms with Gasteiger partial charge in [0.1, 0.15) is 0 Å². The third-order valence-electron chi connectivity index (χ3n) is 1.56. The van der Waals surface area contributed by atoms with Crippen LogP contribution in [0, 0.1) is 0 Å². The smallest absolute Gasteiger partial charge is 1.00 e. The monoisotopic (exact) mass is 197 g/mol. The Kier molecular flexibility index (Phi) is 67.0. The van der Waals surface area contributed by atoms with Crippen LogP contribution >= 0.6 is 0 Å². The predicted octanol–water partition coefficient (Wildman–Crippen LogP) is -7.06. The molecule has 5 heteroatoms. The topological polar surface area (TPSA) is 26.0 Å². The maximum Gasteiger partial charge on any atom is 3.00 e. The number of unbranched alkanes of at least 4 members (excludes halogenated alkanes) is 5. The van der Waals surface area contributed by atoms with Gasteiger partial charge in [-0.15, -0.1) is 0 Å². The molecule has 0 saturated heterocycles. The van der Waals surface area contributed by atoms with Crippen molar-refractivity contribution < 1.29 is 14.1 Å². The minimum atomic E-state index is 0. The van der Waals surface area contributed by atoms with E-state index in [1.807, 2.05) is 0 Å². The van der Waals surface area contributed by atoms with Crippen LogP contribution in [0.5, 0.6) is 0 Å². The molecule has 0 bridgehead atoms. The molecule has 0 rings (SSSR count). The van der Waals surface area contributed by atoms with Gasteiger partial charge in [0.15, 0.2) is 0 Å². The van der Waals surface area contributed by atoms with Crippen molar-refractivity contribution in [2.75, 3.05) is 6.54 Å². The Bertz CT molecular complexity index is 52.7. The SMILES string of the molecule is CCCCCCCCN.[B+3].[F-].[F-].[F-]. The standard InChI is InChI=1S/C8H19N.B.3FH/c1-2-3-4-5-6-7-8-9;;;;/h2-9H2,1H3;;3*1H/q;+3;;;/p-3. The summed E-state index contributed by atoms with van der Waals surface area (Å²) in [5, 5.41) is 0. The van der Waals surface area contributed by atoms with Gasteiger partial charge in [-0.3, -0.25) is 0 Å². The zero-order chi connectivity index (χ0) is 6.95. The normalized spacial score (nSPS) is 6.92. The third kappa shape index (κ3) is 33.7. The number of rotatable bonds is 6. The Hall–Kier alpha value is -0.185. The van der Waals surface area contributed by atoms with Crippen molar-refractivity contribution in [2.24, 2.45) is 5.73 Å². The van der Waals surface area contributed by atoms with Gasteiger partial charge in [0.25, 0.3) is 0 Å². The quantitative estimate of drug-likeness (QED) is 0.332. The van der Waals surface area contributed by atoms with E-state index < -0.39 is 0 Å². The summed E-state index contributed by atoms with van der Waals surface area (Å²) in [6.07, 6.45) is 8.05. The summed E-state index contributed by atoms with van der Waals surface area (Å²) in [6, 6.07) is 0. The fourth-order valence-electron chi connectivity index (χ4n) is 0.925. The van der Waals surface area contributed by atoms with E-state index >= 15 is 0 Å². The summed E-state index contributed by atoms with van der Waals surface area (Å²) in [5.41, 5.74) is 5.34. The summed E-state index contributed by atoms with van der Waals surface area (Å²) < 4.78 is 0. The molecule has 0 aromatic heterocycles. The molecule has 0 spiro atoms. The largest absolute Gasteiger partial charge is 3.00 e. The second kappa shape index (κ2) is 29.8. The maximum atomic E-state index is 5.34. The third-order valence-corrected chi connectivity index (χ3v) is 1.56. The van der Waals surface area contributed by atoms with E-state index in [0.29, 0.717) is 0 Å². The average molecular weight is 197 g/mol. The first-order valence-electron chi connectivity index (χ1n) is 4.12. The van der Waals surface area contributed by atoms with Crippen molar-refractivity contribution in [3.05, 3.63) is 0 Å². The molecule has 0 aliphatic rings. The van der Waals surface area contributed by atoms with Crippen LogP contribution in [0.25, 0.3) is 0 Å². The molecule has 0 fully saturated rings. The molecule has 13 heavy (non-hydrogen) atoms. The first-order valence-corrected chi connectivity index (χ1v) is 4.12. The van der Waals surface area contributed by atoms with Crippen LogP contribution < -0.4 is 19.8 Å². The number of hydrogen-bond donors (Lipinski definition) is 1. The van der Waals surface area contributed by atoms with Crippen LogP contribution in [0.2, 0.25) is 0 Å². The Morgan fingerprint density at radius 3 is 1.54 bits per heavy atom. The van der Waals surface area contributed by atoms with E-state index in [1.165, 1.54) is 38.5 Å². The fourth-order valence-corrected chi connectivity index (χ4v) is 0.925. The number of nitrogens with two attached hydrogens (primary N) is 1. The van der Waals surface area contributed by atoms with Gasteiger partial charge >= 0.3 is 8.41 Å². The Labute approximate surface area is 81.1 Å². The molecule has 0 aromatic carbocycles. The Morgan fingerprint density at radius 2 is 1.15 bits per heavy atom. The summed E-state index contributed by atoms with van der Waals surface area (Å²) in [5.74, 6) is 0. The molecule has 0 unspecified atom stereocenters. The van der Waals surface area contributed by atoms with Crippen molar-refractivity contribution in [3.63, 3.8) is 0 Å². The van der Waals surface area contributed by atoms with E-state index in [1.54, 1.807) is 0 Å². The fraction of sp³-hybridized carbons (Fsp3) is 1.00. The molecule has 0 aliphatic carbocycles. The molecule has 0 atom stereocenters. The predicted molar refractivity (Wildman–Crippen MR) is 48.2 cm³/mol. The van der Waals surface area contributed by atoms with Gasteiger partial charge < -0.3 is 19.8 Å². The zero-order valence-electron chi connectivity index (χ0n) is 8.24. The van der Waals surface area contributed by atoms with Gasteiger partial charge in [0.05, 0.1) is 0 Å². The molecular weight excluding hydrogens is 178 g/mol. The van der Waals surface area contributed by atoms with Crippen LogP contribution in [-0.2, 0) is 0 Å². The Morgan fingerprint density at radius 1 is 0.769 bits per heavy atom. The van der Waals surface area contributed by atoms with Gasteiger partial charge in [-0.05, 0) is 13.0 Å². The molecule has 0 aliphatic heterocycles. The van der Waals surface area contributed by atoms with Crippen LogP contribution in [0.15, 0.2) is 0 Å². The molecule has 0 amide bonds. The van der Waals surface area contributed by atoms with Crippen LogP contribution in [0.3, 0.4) is 0 Å². The van der Waals surface area contributed by atoms with Gasteiger partial charge in [-0.2, -0.15) is 0 Å². The van der Waals surface area contributed by atoms with Crippen LogP contribution in [0.1, 0.15) is 45.4 Å². The summed E-state index contributed by atoms with van der Waals surface area (Å²) in [6.45, 7) is 3.11. The number of halogens is 3. The molecule has 0 radical (unpaired) electrons. The van der Waals surface area contributed by atoms with Crippen molar-refractivity contribution in [1.29, 1.82) is 0 Å². The summed E-state index contributed by atoms with van der Waals surface area (Å²) in [7, 11) is 0. The first-order chi connectivity index (χ1) is 4.41. The van der Waals surface area contributed by atoms with Crippen LogP contribution in [0.4, 0.5) is 0 Å². The molecule has 80 valence electrons.